The van der Waals surface area contributed by atoms with Crippen molar-refractivity contribution < 1.29 is 9.31 Å². The highest BCUT2D eigenvalue weighted by atomic mass is 16.5. The van der Waals surface area contributed by atoms with Crippen molar-refractivity contribution >= 4 is 17.1 Å². The molecule has 1 atom stereocenters. The summed E-state index contributed by atoms with van der Waals surface area (Å²) in [5.74, 6) is 1.76. The van der Waals surface area contributed by atoms with E-state index in [2.05, 4.69) is 66.4 Å². The summed E-state index contributed by atoms with van der Waals surface area (Å²) in [6.45, 7) is 6.27. The van der Waals surface area contributed by atoms with Crippen LogP contribution in [0.4, 0.5) is 11.4 Å². The average molecular weight is 331 g/mol. The molecule has 3 heteroatoms. The number of hydrogen-bond donors (Lipinski definition) is 0. The van der Waals surface area contributed by atoms with Gasteiger partial charge in [0.2, 0.25) is 11.6 Å². The Morgan fingerprint density at radius 3 is 2.64 bits per heavy atom. The highest BCUT2D eigenvalue weighted by molar-refractivity contribution is 6.04. The third-order valence-corrected chi connectivity index (χ3v) is 5.37. The number of ether oxygens (including phenoxy) is 1. The Labute approximate surface area is 149 Å². The van der Waals surface area contributed by atoms with E-state index in [9.17, 15) is 0 Å². The summed E-state index contributed by atoms with van der Waals surface area (Å²) in [5.41, 5.74) is 4.79. The first kappa shape index (κ1) is 15.7. The second-order valence-electron chi connectivity index (χ2n) is 6.90. The molecule has 0 spiro atoms. The van der Waals surface area contributed by atoms with Crippen molar-refractivity contribution in [1.82, 2.24) is 0 Å². The zero-order valence-corrected chi connectivity index (χ0v) is 15.0. The molecular weight excluding hydrogens is 308 g/mol. The molecule has 4 rings (SSSR count). The van der Waals surface area contributed by atoms with Crippen LogP contribution >= 0.6 is 0 Å². The van der Waals surface area contributed by atoms with E-state index in [1.54, 1.807) is 0 Å². The maximum Gasteiger partial charge on any atom is 0.209 e. The van der Waals surface area contributed by atoms with Gasteiger partial charge in [-0.2, -0.15) is 4.58 Å². The Morgan fingerprint density at radius 2 is 1.88 bits per heavy atom. The second kappa shape index (κ2) is 5.62. The Morgan fingerprint density at radius 1 is 1.16 bits per heavy atom. The van der Waals surface area contributed by atoms with Gasteiger partial charge in [0.25, 0.3) is 0 Å². The predicted octanol–water partition coefficient (Wildman–Crippen LogP) is 4.62. The van der Waals surface area contributed by atoms with E-state index in [4.69, 9.17) is 4.74 Å². The monoisotopic (exact) mass is 331 g/mol. The molecule has 1 unspecified atom stereocenters. The average Bonchev–Trinajstić information content (AvgIpc) is 3.05. The van der Waals surface area contributed by atoms with E-state index in [1.165, 1.54) is 17.0 Å². The summed E-state index contributed by atoms with van der Waals surface area (Å²) in [6.07, 6.45) is 5.05. The van der Waals surface area contributed by atoms with Crippen LogP contribution < -0.4 is 9.64 Å². The quantitative estimate of drug-likeness (QED) is 0.602. The van der Waals surface area contributed by atoms with Crippen LogP contribution in [0.2, 0.25) is 0 Å². The first-order valence-corrected chi connectivity index (χ1v) is 8.60. The van der Waals surface area contributed by atoms with Crippen LogP contribution in [0.3, 0.4) is 0 Å². The van der Waals surface area contributed by atoms with Gasteiger partial charge in [0.15, 0.2) is 11.5 Å². The minimum absolute atomic E-state index is 0.112. The van der Waals surface area contributed by atoms with E-state index in [0.717, 1.165) is 23.7 Å². The number of nitrogens with zero attached hydrogens (tertiary/aromatic N) is 2. The van der Waals surface area contributed by atoms with Gasteiger partial charge in [-0.3, -0.25) is 0 Å². The van der Waals surface area contributed by atoms with Gasteiger partial charge in [0.05, 0.1) is 17.2 Å². The third-order valence-electron chi connectivity index (χ3n) is 5.37. The molecule has 0 saturated heterocycles. The highest BCUT2D eigenvalue weighted by Gasteiger charge is 2.46. The van der Waals surface area contributed by atoms with E-state index in [1.807, 2.05) is 31.3 Å². The molecule has 2 aliphatic rings. The third kappa shape index (κ3) is 2.23. The fourth-order valence-electron chi connectivity index (χ4n) is 3.99. The molecule has 2 aliphatic heterocycles. The molecule has 2 heterocycles. The normalized spacial score (nSPS) is 22.8. The minimum Gasteiger partial charge on any atom is -0.438 e. The number of para-hydroxylation sites is 3. The fraction of sp³-hybridized carbons (Fsp3) is 0.227. The summed E-state index contributed by atoms with van der Waals surface area (Å²) < 4.78 is 8.38. The molecule has 0 aromatic heterocycles. The zero-order chi connectivity index (χ0) is 17.6. The van der Waals surface area contributed by atoms with Crippen molar-refractivity contribution in [3.05, 3.63) is 78.7 Å². The number of rotatable bonds is 3. The SMILES string of the molecule is C=CCC1(C)C(/C=C2\Oc3ccccc3N2C)=[N+](C)c2ccccc21. The smallest absolute Gasteiger partial charge is 0.209 e. The van der Waals surface area contributed by atoms with Crippen LogP contribution in [0.15, 0.2) is 73.1 Å². The van der Waals surface area contributed by atoms with E-state index in [0.29, 0.717) is 0 Å². The molecule has 2 aromatic rings. The van der Waals surface area contributed by atoms with E-state index in [-0.39, 0.29) is 5.41 Å². The van der Waals surface area contributed by atoms with Crippen LogP contribution in [0, 0.1) is 0 Å². The second-order valence-corrected chi connectivity index (χ2v) is 6.90. The van der Waals surface area contributed by atoms with Gasteiger partial charge in [-0.15, -0.1) is 6.58 Å². The minimum atomic E-state index is -0.112. The standard InChI is InChI=1S/C22H23N2O/c1-5-14-22(2)16-10-6-7-11-17(16)23(3)20(22)15-21-24(4)18-12-8-9-13-19(18)25-21/h5-13,15H,1,14H2,2-4H3/q+1. The summed E-state index contributed by atoms with van der Waals surface area (Å²) in [4.78, 5) is 2.10. The van der Waals surface area contributed by atoms with Crippen LogP contribution in [0.25, 0.3) is 0 Å². The number of fused-ring (bicyclic) bond motifs is 2. The molecule has 3 nitrogen and oxygen atoms in total. The molecule has 126 valence electrons. The summed E-state index contributed by atoms with van der Waals surface area (Å²) in [5, 5.41) is 0. The van der Waals surface area contributed by atoms with Crippen molar-refractivity contribution in [2.24, 2.45) is 0 Å². The molecule has 0 saturated carbocycles. The van der Waals surface area contributed by atoms with Gasteiger partial charge >= 0.3 is 0 Å². The molecular formula is C22H23N2O+. The number of anilines is 1. The lowest BCUT2D eigenvalue weighted by Gasteiger charge is -2.21. The van der Waals surface area contributed by atoms with Gasteiger partial charge in [-0.1, -0.05) is 36.4 Å². The lowest BCUT2D eigenvalue weighted by Crippen LogP contribution is -2.31. The first-order chi connectivity index (χ1) is 12.1. The molecule has 2 aromatic carbocycles. The Bertz CT molecular complexity index is 925. The largest absolute Gasteiger partial charge is 0.438 e. The molecule has 0 fully saturated rings. The lowest BCUT2D eigenvalue weighted by atomic mass is 9.76. The van der Waals surface area contributed by atoms with Gasteiger partial charge in [0, 0.05) is 18.7 Å². The molecule has 25 heavy (non-hydrogen) atoms. The molecule has 0 aliphatic carbocycles. The molecule has 0 N–H and O–H groups in total. The van der Waals surface area contributed by atoms with E-state index < -0.39 is 0 Å². The number of allylic oxidation sites excluding steroid dienone is 2. The van der Waals surface area contributed by atoms with Gasteiger partial charge in [-0.25, -0.2) is 0 Å². The lowest BCUT2D eigenvalue weighted by molar-refractivity contribution is -0.401. The Balaban J connectivity index is 1.83. The molecule has 0 bridgehead atoms. The Hall–Kier alpha value is -2.81. The van der Waals surface area contributed by atoms with Crippen LogP contribution in [0.5, 0.6) is 5.75 Å². The van der Waals surface area contributed by atoms with Crippen molar-refractivity contribution in [1.29, 1.82) is 0 Å². The van der Waals surface area contributed by atoms with Crippen LogP contribution in [-0.4, -0.2) is 24.4 Å². The van der Waals surface area contributed by atoms with Crippen molar-refractivity contribution in [3.8, 4) is 5.75 Å². The number of benzene rings is 2. The summed E-state index contributed by atoms with van der Waals surface area (Å²) in [7, 11) is 4.17. The van der Waals surface area contributed by atoms with Crippen LogP contribution in [0.1, 0.15) is 18.9 Å². The van der Waals surface area contributed by atoms with Crippen molar-refractivity contribution in [3.63, 3.8) is 0 Å². The predicted molar refractivity (Wildman–Crippen MR) is 103 cm³/mol. The maximum atomic E-state index is 6.11. The van der Waals surface area contributed by atoms with Gasteiger partial charge in [0.1, 0.15) is 7.05 Å². The zero-order valence-electron chi connectivity index (χ0n) is 15.0. The molecule has 0 amide bonds. The van der Waals surface area contributed by atoms with Crippen LogP contribution in [-0.2, 0) is 5.41 Å². The highest BCUT2D eigenvalue weighted by Crippen LogP contribution is 2.43. The van der Waals surface area contributed by atoms with Crippen molar-refractivity contribution in [2.45, 2.75) is 18.8 Å². The maximum absolute atomic E-state index is 6.11. The van der Waals surface area contributed by atoms with Gasteiger partial charge in [-0.05, 0) is 25.5 Å². The fourth-order valence-corrected chi connectivity index (χ4v) is 3.99. The summed E-state index contributed by atoms with van der Waals surface area (Å²) in [6, 6.07) is 16.7. The summed E-state index contributed by atoms with van der Waals surface area (Å²) >= 11 is 0. The molecule has 0 radical (unpaired) electrons. The van der Waals surface area contributed by atoms with E-state index >= 15 is 0 Å². The topological polar surface area (TPSA) is 15.5 Å². The van der Waals surface area contributed by atoms with Crippen molar-refractivity contribution in [2.75, 3.05) is 19.0 Å². The Kier molecular flexibility index (Phi) is 3.53. The van der Waals surface area contributed by atoms with Gasteiger partial charge < -0.3 is 9.64 Å². The number of hydrogen-bond acceptors (Lipinski definition) is 2. The first-order valence-electron chi connectivity index (χ1n) is 8.60.